The SMILES string of the molecule is c1cc(-c2ccc3c(c2)CCO3)ccc1CNC1=NCCCN1. The van der Waals surface area contributed by atoms with E-state index in [1.165, 1.54) is 22.3 Å². The van der Waals surface area contributed by atoms with Gasteiger partial charge in [-0.2, -0.15) is 0 Å². The summed E-state index contributed by atoms with van der Waals surface area (Å²) in [6, 6.07) is 15.2. The summed E-state index contributed by atoms with van der Waals surface area (Å²) >= 11 is 0. The van der Waals surface area contributed by atoms with Crippen molar-refractivity contribution in [1.82, 2.24) is 10.6 Å². The number of hydrogen-bond acceptors (Lipinski definition) is 4. The van der Waals surface area contributed by atoms with Crippen LogP contribution in [-0.2, 0) is 13.0 Å². The van der Waals surface area contributed by atoms with Crippen LogP contribution in [0.3, 0.4) is 0 Å². The van der Waals surface area contributed by atoms with E-state index in [-0.39, 0.29) is 0 Å². The van der Waals surface area contributed by atoms with Gasteiger partial charge in [0.15, 0.2) is 5.96 Å². The van der Waals surface area contributed by atoms with Crippen molar-refractivity contribution in [3.8, 4) is 16.9 Å². The lowest BCUT2D eigenvalue weighted by Gasteiger charge is -2.16. The average Bonchev–Trinajstić information content (AvgIpc) is 3.09. The molecule has 4 rings (SSSR count). The van der Waals surface area contributed by atoms with Gasteiger partial charge >= 0.3 is 0 Å². The molecule has 4 heteroatoms. The second-order valence-electron chi connectivity index (χ2n) is 5.98. The Morgan fingerprint density at radius 1 is 1.09 bits per heavy atom. The Kier molecular flexibility index (Phi) is 3.88. The normalized spacial score (nSPS) is 16.1. The Morgan fingerprint density at radius 3 is 2.78 bits per heavy atom. The van der Waals surface area contributed by atoms with Gasteiger partial charge in [0.25, 0.3) is 0 Å². The van der Waals surface area contributed by atoms with Crippen LogP contribution in [0.15, 0.2) is 47.5 Å². The number of hydrogen-bond donors (Lipinski definition) is 2. The quantitative estimate of drug-likeness (QED) is 0.916. The Labute approximate surface area is 136 Å². The van der Waals surface area contributed by atoms with Crippen LogP contribution in [0.4, 0.5) is 0 Å². The molecule has 2 aliphatic rings. The van der Waals surface area contributed by atoms with Gasteiger partial charge in [-0.25, -0.2) is 0 Å². The maximum absolute atomic E-state index is 5.57. The molecule has 4 nitrogen and oxygen atoms in total. The minimum Gasteiger partial charge on any atom is -0.493 e. The number of nitrogens with zero attached hydrogens (tertiary/aromatic N) is 1. The summed E-state index contributed by atoms with van der Waals surface area (Å²) in [5.74, 6) is 1.95. The van der Waals surface area contributed by atoms with Gasteiger partial charge in [-0.3, -0.25) is 4.99 Å². The van der Waals surface area contributed by atoms with Gasteiger partial charge in [0, 0.05) is 26.1 Å². The minimum atomic E-state index is 0.796. The van der Waals surface area contributed by atoms with Crippen LogP contribution in [0.5, 0.6) is 5.75 Å². The second kappa shape index (κ2) is 6.32. The molecule has 118 valence electrons. The number of nitrogens with one attached hydrogen (secondary N) is 2. The third kappa shape index (κ3) is 3.16. The predicted molar refractivity (Wildman–Crippen MR) is 92.8 cm³/mol. The molecule has 2 aromatic carbocycles. The Bertz CT molecular complexity index is 722. The molecule has 2 aromatic rings. The third-order valence-corrected chi connectivity index (χ3v) is 4.33. The molecule has 0 aromatic heterocycles. The number of aliphatic imine (C=N–C) groups is 1. The van der Waals surface area contributed by atoms with Crippen molar-refractivity contribution in [2.45, 2.75) is 19.4 Å². The minimum absolute atomic E-state index is 0.796. The summed E-state index contributed by atoms with van der Waals surface area (Å²) in [4.78, 5) is 4.43. The highest BCUT2D eigenvalue weighted by Crippen LogP contribution is 2.30. The zero-order chi connectivity index (χ0) is 15.5. The summed E-state index contributed by atoms with van der Waals surface area (Å²) in [6.07, 6.45) is 2.13. The van der Waals surface area contributed by atoms with E-state index in [0.29, 0.717) is 0 Å². The molecule has 0 saturated heterocycles. The lowest BCUT2D eigenvalue weighted by Crippen LogP contribution is -2.40. The third-order valence-electron chi connectivity index (χ3n) is 4.33. The standard InChI is InChI=1S/C19H21N3O/c1-9-20-19(21-10-1)22-13-14-2-4-15(5-3-14)16-6-7-18-17(12-16)8-11-23-18/h2-7,12H,1,8-11,13H2,(H2,20,21,22). The number of ether oxygens (including phenoxy) is 1. The topological polar surface area (TPSA) is 45.6 Å². The van der Waals surface area contributed by atoms with Crippen molar-refractivity contribution in [2.75, 3.05) is 19.7 Å². The van der Waals surface area contributed by atoms with Crippen molar-refractivity contribution in [3.05, 3.63) is 53.6 Å². The van der Waals surface area contributed by atoms with Crippen LogP contribution < -0.4 is 15.4 Å². The van der Waals surface area contributed by atoms with Crippen molar-refractivity contribution < 1.29 is 4.74 Å². The fourth-order valence-corrected chi connectivity index (χ4v) is 3.02. The summed E-state index contributed by atoms with van der Waals surface area (Å²) in [5, 5.41) is 6.63. The van der Waals surface area contributed by atoms with Gasteiger partial charge in [-0.1, -0.05) is 30.3 Å². The number of benzene rings is 2. The maximum Gasteiger partial charge on any atom is 0.191 e. The molecule has 0 fully saturated rings. The highest BCUT2D eigenvalue weighted by Gasteiger charge is 2.12. The first-order valence-corrected chi connectivity index (χ1v) is 8.26. The van der Waals surface area contributed by atoms with Gasteiger partial charge in [0.1, 0.15) is 5.75 Å². The average molecular weight is 307 g/mol. The first kappa shape index (κ1) is 14.1. The maximum atomic E-state index is 5.57. The Morgan fingerprint density at radius 2 is 1.96 bits per heavy atom. The summed E-state index contributed by atoms with van der Waals surface area (Å²) in [7, 11) is 0. The van der Waals surface area contributed by atoms with Crippen LogP contribution in [-0.4, -0.2) is 25.7 Å². The zero-order valence-corrected chi connectivity index (χ0v) is 13.1. The molecule has 0 bridgehead atoms. The Hall–Kier alpha value is -2.49. The van der Waals surface area contributed by atoms with Crippen LogP contribution >= 0.6 is 0 Å². The molecule has 2 aliphatic heterocycles. The summed E-state index contributed by atoms with van der Waals surface area (Å²) in [6.45, 7) is 3.52. The van der Waals surface area contributed by atoms with E-state index in [1.807, 2.05) is 0 Å². The van der Waals surface area contributed by atoms with Crippen LogP contribution in [0.25, 0.3) is 11.1 Å². The first-order chi connectivity index (χ1) is 11.4. The highest BCUT2D eigenvalue weighted by molar-refractivity contribution is 5.80. The number of rotatable bonds is 3. The van der Waals surface area contributed by atoms with Gasteiger partial charge in [-0.05, 0) is 40.8 Å². The Balaban J connectivity index is 1.44. The van der Waals surface area contributed by atoms with Crippen LogP contribution in [0.1, 0.15) is 17.5 Å². The second-order valence-corrected chi connectivity index (χ2v) is 5.98. The van der Waals surface area contributed by atoms with Crippen molar-refractivity contribution in [1.29, 1.82) is 0 Å². The van der Waals surface area contributed by atoms with Gasteiger partial charge in [0.2, 0.25) is 0 Å². The van der Waals surface area contributed by atoms with E-state index in [0.717, 1.165) is 50.8 Å². The smallest absolute Gasteiger partial charge is 0.191 e. The highest BCUT2D eigenvalue weighted by atomic mass is 16.5. The number of guanidine groups is 1. The molecule has 0 aliphatic carbocycles. The van der Waals surface area contributed by atoms with E-state index in [4.69, 9.17) is 4.74 Å². The molecule has 2 N–H and O–H groups in total. The molecule has 0 saturated carbocycles. The van der Waals surface area contributed by atoms with E-state index >= 15 is 0 Å². The van der Waals surface area contributed by atoms with E-state index in [2.05, 4.69) is 58.1 Å². The van der Waals surface area contributed by atoms with E-state index in [1.54, 1.807) is 0 Å². The lowest BCUT2D eigenvalue weighted by atomic mass is 10.0. The van der Waals surface area contributed by atoms with Gasteiger partial charge in [-0.15, -0.1) is 0 Å². The molecule has 2 heterocycles. The van der Waals surface area contributed by atoms with Gasteiger partial charge in [0.05, 0.1) is 6.61 Å². The lowest BCUT2D eigenvalue weighted by molar-refractivity contribution is 0.357. The van der Waals surface area contributed by atoms with Crippen molar-refractivity contribution in [2.24, 2.45) is 4.99 Å². The molecule has 0 spiro atoms. The molecule has 0 amide bonds. The monoisotopic (exact) mass is 307 g/mol. The largest absolute Gasteiger partial charge is 0.493 e. The van der Waals surface area contributed by atoms with E-state index in [9.17, 15) is 0 Å². The molecule has 0 atom stereocenters. The molecular formula is C19H21N3O. The summed E-state index contributed by atoms with van der Waals surface area (Å²) in [5.41, 5.74) is 5.08. The fraction of sp³-hybridized carbons (Fsp3) is 0.316. The fourth-order valence-electron chi connectivity index (χ4n) is 3.02. The molecule has 0 radical (unpaired) electrons. The first-order valence-electron chi connectivity index (χ1n) is 8.26. The zero-order valence-electron chi connectivity index (χ0n) is 13.1. The molecule has 23 heavy (non-hydrogen) atoms. The van der Waals surface area contributed by atoms with Gasteiger partial charge < -0.3 is 15.4 Å². The molecular weight excluding hydrogens is 286 g/mol. The number of fused-ring (bicyclic) bond motifs is 1. The van der Waals surface area contributed by atoms with Crippen molar-refractivity contribution in [3.63, 3.8) is 0 Å². The molecule has 0 unspecified atom stereocenters. The predicted octanol–water partition coefficient (Wildman–Crippen LogP) is 2.73. The van der Waals surface area contributed by atoms with Crippen LogP contribution in [0.2, 0.25) is 0 Å². The summed E-state index contributed by atoms with van der Waals surface area (Å²) < 4.78 is 5.57. The van der Waals surface area contributed by atoms with E-state index < -0.39 is 0 Å². The van der Waals surface area contributed by atoms with Crippen LogP contribution in [0, 0.1) is 0 Å². The van der Waals surface area contributed by atoms with Crippen molar-refractivity contribution >= 4 is 5.96 Å².